The maximum atomic E-state index is 9.27. The molecule has 1 fully saturated rings. The fourth-order valence-corrected chi connectivity index (χ4v) is 2.93. The molecule has 3 atom stereocenters. The van der Waals surface area contributed by atoms with Gasteiger partial charge in [-0.05, 0) is 55.2 Å². The van der Waals surface area contributed by atoms with Crippen LogP contribution in [0.3, 0.4) is 0 Å². The van der Waals surface area contributed by atoms with E-state index in [9.17, 15) is 5.11 Å². The first-order chi connectivity index (χ1) is 7.98. The number of hydrogen-bond acceptors (Lipinski definition) is 2. The van der Waals surface area contributed by atoms with Gasteiger partial charge in [-0.25, -0.2) is 0 Å². The Labute approximate surface area is 104 Å². The fraction of sp³-hybridized carbons (Fsp3) is 0.600. The first kappa shape index (κ1) is 12.4. The number of aromatic hydroxyl groups is 1. The lowest BCUT2D eigenvalue weighted by molar-refractivity contribution is 0.176. The van der Waals surface area contributed by atoms with Gasteiger partial charge in [-0.3, -0.25) is 0 Å². The van der Waals surface area contributed by atoms with E-state index in [0.717, 1.165) is 25.2 Å². The van der Waals surface area contributed by atoms with Crippen LogP contribution in [0.1, 0.15) is 38.7 Å². The molecule has 1 saturated carbocycles. The largest absolute Gasteiger partial charge is 0.508 e. The lowest BCUT2D eigenvalue weighted by Gasteiger charge is -2.40. The van der Waals surface area contributed by atoms with Gasteiger partial charge in [0.25, 0.3) is 0 Å². The maximum absolute atomic E-state index is 9.27. The van der Waals surface area contributed by atoms with Crippen LogP contribution in [0.2, 0.25) is 0 Å². The minimum absolute atomic E-state index is 0.0527. The summed E-state index contributed by atoms with van der Waals surface area (Å²) in [6.07, 6.45) is 4.37. The lowest BCUT2D eigenvalue weighted by atomic mass is 9.69. The van der Waals surface area contributed by atoms with Gasteiger partial charge in [-0.1, -0.05) is 26.0 Å². The van der Waals surface area contributed by atoms with Crippen LogP contribution >= 0.6 is 0 Å². The van der Waals surface area contributed by atoms with E-state index in [1.165, 1.54) is 12.0 Å². The van der Waals surface area contributed by atoms with Gasteiger partial charge in [0.05, 0.1) is 0 Å². The zero-order chi connectivity index (χ0) is 12.5. The van der Waals surface area contributed by atoms with E-state index < -0.39 is 0 Å². The van der Waals surface area contributed by atoms with Crippen molar-refractivity contribution >= 4 is 0 Å². The number of nitrogens with two attached hydrogens (primary N) is 1. The Kier molecular flexibility index (Phi) is 3.43. The zero-order valence-electron chi connectivity index (χ0n) is 10.8. The fourth-order valence-electron chi connectivity index (χ4n) is 2.93. The number of phenolic OH excluding ortho intramolecular Hbond substituents is 1. The molecule has 0 radical (unpaired) electrons. The second-order valence-electron chi connectivity index (χ2n) is 5.90. The second-order valence-corrected chi connectivity index (χ2v) is 5.90. The quantitative estimate of drug-likeness (QED) is 0.824. The molecule has 2 heteroatoms. The Morgan fingerprint density at radius 1 is 1.24 bits per heavy atom. The predicted molar refractivity (Wildman–Crippen MR) is 70.9 cm³/mol. The minimum Gasteiger partial charge on any atom is -0.508 e. The van der Waals surface area contributed by atoms with Crippen molar-refractivity contribution in [2.45, 2.75) is 45.1 Å². The van der Waals surface area contributed by atoms with E-state index in [2.05, 4.69) is 13.8 Å². The standard InChI is InChI=1S/C15H23NO/c1-11-7-8-15(16,9-12(11)2)10-13-3-5-14(17)6-4-13/h3-6,11-12,17H,7-10,16H2,1-2H3. The highest BCUT2D eigenvalue weighted by atomic mass is 16.3. The van der Waals surface area contributed by atoms with Crippen LogP contribution in [-0.4, -0.2) is 10.6 Å². The Morgan fingerprint density at radius 2 is 1.88 bits per heavy atom. The molecule has 1 aromatic carbocycles. The summed E-state index contributed by atoms with van der Waals surface area (Å²) in [5, 5.41) is 9.27. The average molecular weight is 233 g/mol. The third kappa shape index (κ3) is 3.01. The summed E-state index contributed by atoms with van der Waals surface area (Å²) in [6, 6.07) is 7.44. The van der Waals surface area contributed by atoms with E-state index in [1.807, 2.05) is 12.1 Å². The summed E-state index contributed by atoms with van der Waals surface area (Å²) in [6.45, 7) is 4.63. The van der Waals surface area contributed by atoms with Crippen LogP contribution in [0.4, 0.5) is 0 Å². The molecule has 1 aliphatic carbocycles. The molecule has 0 heterocycles. The topological polar surface area (TPSA) is 46.2 Å². The van der Waals surface area contributed by atoms with E-state index in [0.29, 0.717) is 11.7 Å². The smallest absolute Gasteiger partial charge is 0.115 e. The summed E-state index contributed by atoms with van der Waals surface area (Å²) < 4.78 is 0. The number of phenols is 1. The Balaban J connectivity index is 2.05. The number of benzene rings is 1. The van der Waals surface area contributed by atoms with Crippen LogP contribution in [-0.2, 0) is 6.42 Å². The van der Waals surface area contributed by atoms with E-state index >= 15 is 0 Å². The summed E-state index contributed by atoms with van der Waals surface area (Å²) in [5.41, 5.74) is 7.70. The van der Waals surface area contributed by atoms with Crippen molar-refractivity contribution in [3.63, 3.8) is 0 Å². The van der Waals surface area contributed by atoms with Gasteiger partial charge in [0.1, 0.15) is 5.75 Å². The van der Waals surface area contributed by atoms with Crippen molar-refractivity contribution in [1.29, 1.82) is 0 Å². The van der Waals surface area contributed by atoms with E-state index in [1.54, 1.807) is 12.1 Å². The summed E-state index contributed by atoms with van der Waals surface area (Å²) in [7, 11) is 0. The highest BCUT2D eigenvalue weighted by Crippen LogP contribution is 2.36. The molecule has 1 aromatic rings. The van der Waals surface area contributed by atoms with Gasteiger partial charge < -0.3 is 10.8 Å². The van der Waals surface area contributed by atoms with E-state index in [-0.39, 0.29) is 5.54 Å². The van der Waals surface area contributed by atoms with Crippen molar-refractivity contribution in [2.75, 3.05) is 0 Å². The molecular formula is C15H23NO. The molecule has 2 rings (SSSR count). The molecule has 0 aromatic heterocycles. The highest BCUT2D eigenvalue weighted by Gasteiger charge is 2.34. The summed E-state index contributed by atoms with van der Waals surface area (Å²) in [4.78, 5) is 0. The van der Waals surface area contributed by atoms with Gasteiger partial charge in [-0.2, -0.15) is 0 Å². The number of hydrogen-bond donors (Lipinski definition) is 2. The van der Waals surface area contributed by atoms with Crippen LogP contribution in [0.25, 0.3) is 0 Å². The summed E-state index contributed by atoms with van der Waals surface area (Å²) in [5.74, 6) is 1.84. The molecule has 2 nitrogen and oxygen atoms in total. The molecule has 0 spiro atoms. The normalized spacial score (nSPS) is 33.6. The Morgan fingerprint density at radius 3 is 2.47 bits per heavy atom. The van der Waals surface area contributed by atoms with Gasteiger partial charge in [0, 0.05) is 5.54 Å². The van der Waals surface area contributed by atoms with E-state index in [4.69, 9.17) is 5.73 Å². The minimum atomic E-state index is -0.0527. The monoisotopic (exact) mass is 233 g/mol. The molecule has 0 amide bonds. The molecule has 0 bridgehead atoms. The van der Waals surface area contributed by atoms with Crippen molar-refractivity contribution in [2.24, 2.45) is 17.6 Å². The Bertz CT molecular complexity index is 373. The van der Waals surface area contributed by atoms with Gasteiger partial charge >= 0.3 is 0 Å². The predicted octanol–water partition coefficient (Wildman–Crippen LogP) is 3.09. The molecule has 0 saturated heterocycles. The first-order valence-electron chi connectivity index (χ1n) is 6.55. The van der Waals surface area contributed by atoms with Gasteiger partial charge in [0.15, 0.2) is 0 Å². The highest BCUT2D eigenvalue weighted by molar-refractivity contribution is 5.27. The van der Waals surface area contributed by atoms with Gasteiger partial charge in [0.2, 0.25) is 0 Å². The van der Waals surface area contributed by atoms with Crippen molar-refractivity contribution in [3.05, 3.63) is 29.8 Å². The SMILES string of the molecule is CC1CCC(N)(Cc2ccc(O)cc2)CC1C. The van der Waals surface area contributed by atoms with Crippen molar-refractivity contribution < 1.29 is 5.11 Å². The van der Waals surface area contributed by atoms with Crippen LogP contribution in [0, 0.1) is 11.8 Å². The third-order valence-corrected chi connectivity index (χ3v) is 4.29. The van der Waals surface area contributed by atoms with Crippen LogP contribution in [0.15, 0.2) is 24.3 Å². The zero-order valence-corrected chi connectivity index (χ0v) is 10.8. The van der Waals surface area contributed by atoms with Crippen LogP contribution in [0.5, 0.6) is 5.75 Å². The van der Waals surface area contributed by atoms with Crippen LogP contribution < -0.4 is 5.73 Å². The molecule has 3 N–H and O–H groups in total. The number of rotatable bonds is 2. The molecule has 3 unspecified atom stereocenters. The molecule has 94 valence electrons. The maximum Gasteiger partial charge on any atom is 0.115 e. The second kappa shape index (κ2) is 4.69. The summed E-state index contributed by atoms with van der Waals surface area (Å²) >= 11 is 0. The van der Waals surface area contributed by atoms with Gasteiger partial charge in [-0.15, -0.1) is 0 Å². The molecule has 17 heavy (non-hydrogen) atoms. The third-order valence-electron chi connectivity index (χ3n) is 4.29. The molecule has 1 aliphatic rings. The Hall–Kier alpha value is -1.02. The molecule has 0 aliphatic heterocycles. The first-order valence-corrected chi connectivity index (χ1v) is 6.55. The van der Waals surface area contributed by atoms with Crippen molar-refractivity contribution in [1.82, 2.24) is 0 Å². The molecular weight excluding hydrogens is 210 g/mol. The van der Waals surface area contributed by atoms with Crippen molar-refractivity contribution in [3.8, 4) is 5.75 Å². The average Bonchev–Trinajstić information content (AvgIpc) is 2.28. The lowest BCUT2D eigenvalue weighted by Crippen LogP contribution is -2.47.